The van der Waals surface area contributed by atoms with Crippen LogP contribution in [0.4, 0.5) is 4.39 Å². The van der Waals surface area contributed by atoms with E-state index in [1.165, 1.54) is 0 Å². The molecule has 5 heteroatoms. The zero-order valence-corrected chi connectivity index (χ0v) is 12.1. The third-order valence-electron chi connectivity index (χ3n) is 2.51. The lowest BCUT2D eigenvalue weighted by Gasteiger charge is -2.24. The molecule has 0 radical (unpaired) electrons. The molecule has 0 unspecified atom stereocenters. The molecule has 106 valence electrons. The number of rotatable bonds is 6. The Balaban J connectivity index is 4.64. The van der Waals surface area contributed by atoms with E-state index in [0.29, 0.717) is 0 Å². The normalized spacial score (nSPS) is 14.8. The maximum absolute atomic E-state index is 13.5. The summed E-state index contributed by atoms with van der Waals surface area (Å²) < 4.78 is 13.5. The molecule has 2 N–H and O–H groups in total. The molecule has 0 saturated heterocycles. The minimum absolute atomic E-state index is 0.0121. The summed E-state index contributed by atoms with van der Waals surface area (Å²) in [6.45, 7) is 10.6. The van der Waals surface area contributed by atoms with Crippen molar-refractivity contribution in [1.29, 1.82) is 0 Å². The maximum Gasteiger partial charge on any atom is 0.255 e. The van der Waals surface area contributed by atoms with Gasteiger partial charge in [0.2, 0.25) is 5.91 Å². The molecule has 18 heavy (non-hydrogen) atoms. The second-order valence-corrected chi connectivity index (χ2v) is 5.54. The van der Waals surface area contributed by atoms with Gasteiger partial charge in [-0.25, -0.2) is 4.39 Å². The summed E-state index contributed by atoms with van der Waals surface area (Å²) in [5.41, 5.74) is 0. The molecule has 0 aliphatic rings. The third kappa shape index (κ3) is 5.47. The third-order valence-corrected chi connectivity index (χ3v) is 2.51. The van der Waals surface area contributed by atoms with Crippen LogP contribution in [0.5, 0.6) is 0 Å². The van der Waals surface area contributed by atoms with Crippen LogP contribution in [0.3, 0.4) is 0 Å². The topological polar surface area (TPSA) is 58.2 Å². The van der Waals surface area contributed by atoms with E-state index in [9.17, 15) is 14.0 Å². The maximum atomic E-state index is 13.5. The fraction of sp³-hybridized carbons (Fsp3) is 0.846. The van der Waals surface area contributed by atoms with Crippen molar-refractivity contribution in [3.8, 4) is 0 Å². The molecular weight excluding hydrogens is 235 g/mol. The van der Waals surface area contributed by atoms with Gasteiger partial charge in [0.1, 0.15) is 6.04 Å². The van der Waals surface area contributed by atoms with Crippen molar-refractivity contribution in [2.24, 2.45) is 11.8 Å². The molecule has 0 spiro atoms. The van der Waals surface area contributed by atoms with E-state index in [4.69, 9.17) is 0 Å². The summed E-state index contributed by atoms with van der Waals surface area (Å²) in [4.78, 5) is 23.5. The molecular formula is C13H25FN2O2. The number of hydrogen-bond acceptors (Lipinski definition) is 2. The minimum Gasteiger partial charge on any atom is -0.352 e. The first-order valence-corrected chi connectivity index (χ1v) is 6.41. The van der Waals surface area contributed by atoms with Crippen LogP contribution < -0.4 is 10.6 Å². The molecule has 2 atom stereocenters. The predicted molar refractivity (Wildman–Crippen MR) is 69.8 cm³/mol. The van der Waals surface area contributed by atoms with Gasteiger partial charge < -0.3 is 10.6 Å². The average Bonchev–Trinajstić information content (AvgIpc) is 2.22. The van der Waals surface area contributed by atoms with E-state index >= 15 is 0 Å². The van der Waals surface area contributed by atoms with E-state index in [1.54, 1.807) is 13.8 Å². The van der Waals surface area contributed by atoms with Crippen molar-refractivity contribution >= 4 is 11.8 Å². The monoisotopic (exact) mass is 260 g/mol. The first kappa shape index (κ1) is 16.9. The fourth-order valence-electron chi connectivity index (χ4n) is 1.44. The first-order chi connectivity index (χ1) is 8.16. The van der Waals surface area contributed by atoms with E-state index in [-0.39, 0.29) is 17.9 Å². The van der Waals surface area contributed by atoms with E-state index in [0.717, 1.165) is 0 Å². The Morgan fingerprint density at radius 1 is 0.833 bits per heavy atom. The predicted octanol–water partition coefficient (Wildman–Crippen LogP) is 1.65. The van der Waals surface area contributed by atoms with Gasteiger partial charge in [-0.1, -0.05) is 27.7 Å². The molecule has 0 fully saturated rings. The zero-order valence-electron chi connectivity index (χ0n) is 12.1. The standard InChI is InChI=1S/C13H25FN2O2/c1-7(2)10(14)12(17)16-11(8(3)4)13(18)15-9(5)6/h7-11H,1-6H3,(H,15,18)(H,16,17)/t10-,11-/m0/s1. The van der Waals surface area contributed by atoms with Crippen molar-refractivity contribution in [1.82, 2.24) is 10.6 Å². The molecule has 0 aliphatic carbocycles. The molecule has 0 aromatic heterocycles. The van der Waals surface area contributed by atoms with Gasteiger partial charge in [-0.05, 0) is 25.7 Å². The van der Waals surface area contributed by atoms with Gasteiger partial charge in [-0.15, -0.1) is 0 Å². The largest absolute Gasteiger partial charge is 0.352 e. The van der Waals surface area contributed by atoms with E-state index in [1.807, 2.05) is 27.7 Å². The molecule has 0 bridgehead atoms. The highest BCUT2D eigenvalue weighted by molar-refractivity contribution is 5.89. The van der Waals surface area contributed by atoms with Crippen LogP contribution in [0, 0.1) is 11.8 Å². The Labute approximate surface area is 109 Å². The summed E-state index contributed by atoms with van der Waals surface area (Å²) in [5.74, 6) is -1.48. The lowest BCUT2D eigenvalue weighted by atomic mass is 10.0. The first-order valence-electron chi connectivity index (χ1n) is 6.41. The lowest BCUT2D eigenvalue weighted by molar-refractivity contribution is -0.133. The highest BCUT2D eigenvalue weighted by Crippen LogP contribution is 2.09. The molecule has 0 aromatic rings. The quantitative estimate of drug-likeness (QED) is 0.763. The van der Waals surface area contributed by atoms with Crippen LogP contribution in [0.15, 0.2) is 0 Å². The van der Waals surface area contributed by atoms with Gasteiger partial charge in [0.05, 0.1) is 0 Å². The van der Waals surface area contributed by atoms with Crippen LogP contribution in [0.25, 0.3) is 0 Å². The second-order valence-electron chi connectivity index (χ2n) is 5.54. The average molecular weight is 260 g/mol. The van der Waals surface area contributed by atoms with Crippen LogP contribution in [-0.2, 0) is 9.59 Å². The van der Waals surface area contributed by atoms with Gasteiger partial charge >= 0.3 is 0 Å². The zero-order chi connectivity index (χ0) is 14.5. The Kier molecular flexibility index (Phi) is 6.88. The van der Waals surface area contributed by atoms with Crippen LogP contribution in [0.2, 0.25) is 0 Å². The second kappa shape index (κ2) is 7.34. The molecule has 0 aromatic carbocycles. The Morgan fingerprint density at radius 2 is 1.33 bits per heavy atom. The van der Waals surface area contributed by atoms with Gasteiger partial charge in [-0.3, -0.25) is 9.59 Å². The highest BCUT2D eigenvalue weighted by atomic mass is 19.1. The van der Waals surface area contributed by atoms with Crippen molar-refractivity contribution < 1.29 is 14.0 Å². The van der Waals surface area contributed by atoms with Crippen LogP contribution >= 0.6 is 0 Å². The van der Waals surface area contributed by atoms with Crippen LogP contribution in [-0.4, -0.2) is 30.1 Å². The summed E-state index contributed by atoms with van der Waals surface area (Å²) >= 11 is 0. The Hall–Kier alpha value is -1.13. The van der Waals surface area contributed by atoms with Gasteiger partial charge in [0.25, 0.3) is 5.91 Å². The SMILES string of the molecule is CC(C)NC(=O)[C@@H](NC(=O)[C@@H](F)C(C)C)C(C)C. The Morgan fingerprint density at radius 3 is 1.67 bits per heavy atom. The van der Waals surface area contributed by atoms with Crippen molar-refractivity contribution in [3.05, 3.63) is 0 Å². The number of hydrogen-bond donors (Lipinski definition) is 2. The summed E-state index contributed by atoms with van der Waals surface area (Å²) in [6, 6.07) is -0.709. The summed E-state index contributed by atoms with van der Waals surface area (Å²) in [5, 5.41) is 5.20. The molecule has 0 saturated carbocycles. The van der Waals surface area contributed by atoms with E-state index < -0.39 is 24.0 Å². The van der Waals surface area contributed by atoms with Crippen molar-refractivity contribution in [3.63, 3.8) is 0 Å². The van der Waals surface area contributed by atoms with Gasteiger partial charge in [-0.2, -0.15) is 0 Å². The number of amides is 2. The summed E-state index contributed by atoms with van der Waals surface area (Å²) in [7, 11) is 0. The Bertz CT molecular complexity index is 291. The molecule has 4 nitrogen and oxygen atoms in total. The lowest BCUT2D eigenvalue weighted by Crippen LogP contribution is -2.53. The molecule has 0 heterocycles. The van der Waals surface area contributed by atoms with Crippen molar-refractivity contribution in [2.75, 3.05) is 0 Å². The molecule has 0 aliphatic heterocycles. The molecule has 0 rings (SSSR count). The van der Waals surface area contributed by atoms with Crippen molar-refractivity contribution in [2.45, 2.75) is 59.8 Å². The highest BCUT2D eigenvalue weighted by Gasteiger charge is 2.29. The number of halogens is 1. The number of alkyl halides is 1. The van der Waals surface area contributed by atoms with E-state index in [2.05, 4.69) is 10.6 Å². The van der Waals surface area contributed by atoms with Crippen LogP contribution in [0.1, 0.15) is 41.5 Å². The number of carbonyl (C=O) groups excluding carboxylic acids is 2. The van der Waals surface area contributed by atoms with Gasteiger partial charge in [0, 0.05) is 6.04 Å². The number of carbonyl (C=O) groups is 2. The minimum atomic E-state index is -1.59. The number of nitrogens with one attached hydrogen (secondary N) is 2. The summed E-state index contributed by atoms with van der Waals surface area (Å²) in [6.07, 6.45) is -1.59. The molecule has 2 amide bonds. The smallest absolute Gasteiger partial charge is 0.255 e. The fourth-order valence-corrected chi connectivity index (χ4v) is 1.44. The van der Waals surface area contributed by atoms with Gasteiger partial charge in [0.15, 0.2) is 6.17 Å².